The van der Waals surface area contributed by atoms with Crippen molar-refractivity contribution in [2.45, 2.75) is 54.8 Å². The van der Waals surface area contributed by atoms with Gasteiger partial charge in [-0.2, -0.15) is 4.31 Å². The lowest BCUT2D eigenvalue weighted by molar-refractivity contribution is -0.0440. The van der Waals surface area contributed by atoms with Crippen molar-refractivity contribution in [2.75, 3.05) is 37.4 Å². The fraction of sp³-hybridized carbons (Fsp3) is 0.462. The number of thioether (sulfide) groups is 1. The van der Waals surface area contributed by atoms with Gasteiger partial charge in [-0.1, -0.05) is 17.4 Å². The summed E-state index contributed by atoms with van der Waals surface area (Å²) in [5.41, 5.74) is 1.29. The van der Waals surface area contributed by atoms with Crippen molar-refractivity contribution in [3.8, 4) is 0 Å². The number of carbonyl (C=O) groups excluding carboxylic acids is 1. The van der Waals surface area contributed by atoms with Crippen molar-refractivity contribution in [2.24, 2.45) is 0 Å². The van der Waals surface area contributed by atoms with Gasteiger partial charge < -0.3 is 9.47 Å². The zero-order chi connectivity index (χ0) is 26.2. The first-order chi connectivity index (χ1) is 17.8. The van der Waals surface area contributed by atoms with E-state index in [4.69, 9.17) is 14.5 Å². The molecule has 0 aliphatic carbocycles. The highest BCUT2D eigenvalue weighted by Crippen LogP contribution is 2.35. The van der Waals surface area contributed by atoms with Crippen molar-refractivity contribution < 1.29 is 22.7 Å². The number of hydrogen-bond acceptors (Lipinski definition) is 8. The molecule has 0 radical (unpaired) electrons. The van der Waals surface area contributed by atoms with E-state index in [1.807, 2.05) is 38.3 Å². The van der Waals surface area contributed by atoms with E-state index in [0.29, 0.717) is 36.9 Å². The second-order valence-corrected chi connectivity index (χ2v) is 13.3. The summed E-state index contributed by atoms with van der Waals surface area (Å²) in [7, 11) is -3.69. The molecule has 3 unspecified atom stereocenters. The first-order valence-corrected chi connectivity index (χ1v) is 15.9. The first kappa shape index (κ1) is 26.6. The summed E-state index contributed by atoms with van der Waals surface area (Å²) in [4.78, 5) is 21.5. The number of hydrogen-bond donors (Lipinski definition) is 0. The van der Waals surface area contributed by atoms with Crippen LogP contribution in [0, 0.1) is 0 Å². The standard InChI is InChI=1S/C26H31N3O5S3/c1-17-14-28(15-18(2)34-17)37(31,32)21-11-9-19(10-12-21)25(30)29(16-20-6-5-13-33-20)26-27-24-22(35-3)7-4-8-23(24)36-26/h4,7-12,17-18,20H,5-6,13-16H2,1-3H3. The average Bonchev–Trinajstić information content (AvgIpc) is 3.56. The number of sulfonamides is 1. The van der Waals surface area contributed by atoms with E-state index in [9.17, 15) is 13.2 Å². The van der Waals surface area contributed by atoms with Crippen LogP contribution >= 0.6 is 23.1 Å². The summed E-state index contributed by atoms with van der Waals surface area (Å²) < 4.78 is 40.5. The van der Waals surface area contributed by atoms with Crippen LogP contribution < -0.4 is 4.90 Å². The number of rotatable bonds is 7. The summed E-state index contributed by atoms with van der Waals surface area (Å²) in [5.74, 6) is -0.224. The molecule has 37 heavy (non-hydrogen) atoms. The van der Waals surface area contributed by atoms with E-state index < -0.39 is 10.0 Å². The third-order valence-electron chi connectivity index (χ3n) is 6.60. The fourth-order valence-electron chi connectivity index (χ4n) is 4.83. The Balaban J connectivity index is 1.43. The maximum absolute atomic E-state index is 13.8. The number of aromatic nitrogens is 1. The van der Waals surface area contributed by atoms with E-state index in [1.54, 1.807) is 28.8 Å². The minimum atomic E-state index is -3.69. The molecule has 0 bridgehead atoms. The molecule has 2 aliphatic heterocycles. The van der Waals surface area contributed by atoms with Crippen LogP contribution in [0.25, 0.3) is 10.2 Å². The minimum Gasteiger partial charge on any atom is -0.376 e. The molecule has 3 atom stereocenters. The van der Waals surface area contributed by atoms with Crippen molar-refractivity contribution in [3.05, 3.63) is 48.0 Å². The Morgan fingerprint density at radius 1 is 1.16 bits per heavy atom. The largest absolute Gasteiger partial charge is 0.376 e. The molecule has 3 aromatic rings. The summed E-state index contributed by atoms with van der Waals surface area (Å²) >= 11 is 3.10. The van der Waals surface area contributed by atoms with Crippen molar-refractivity contribution in [1.82, 2.24) is 9.29 Å². The zero-order valence-corrected chi connectivity index (χ0v) is 23.6. The van der Waals surface area contributed by atoms with Crippen LogP contribution in [0.5, 0.6) is 0 Å². The van der Waals surface area contributed by atoms with Crippen LogP contribution in [0.4, 0.5) is 5.13 Å². The molecular formula is C26H31N3O5S3. The number of amides is 1. The third-order valence-corrected chi connectivity index (χ3v) is 10.3. The molecular weight excluding hydrogens is 531 g/mol. The van der Waals surface area contributed by atoms with Gasteiger partial charge in [-0.15, -0.1) is 11.8 Å². The number of morpholine rings is 1. The van der Waals surface area contributed by atoms with E-state index in [1.165, 1.54) is 27.8 Å². The molecule has 2 saturated heterocycles. The average molecular weight is 562 g/mol. The molecule has 1 aromatic heterocycles. The molecule has 5 rings (SSSR count). The van der Waals surface area contributed by atoms with E-state index in [0.717, 1.165) is 28.0 Å². The summed E-state index contributed by atoms with van der Waals surface area (Å²) in [6.07, 6.45) is 3.46. The molecule has 0 saturated carbocycles. The number of nitrogens with zero attached hydrogens (tertiary/aromatic N) is 3. The van der Waals surface area contributed by atoms with Crippen LogP contribution in [-0.4, -0.2) is 74.4 Å². The van der Waals surface area contributed by atoms with Gasteiger partial charge in [0.2, 0.25) is 10.0 Å². The molecule has 2 fully saturated rings. The van der Waals surface area contributed by atoms with Gasteiger partial charge >= 0.3 is 0 Å². The van der Waals surface area contributed by atoms with Gasteiger partial charge in [0.1, 0.15) is 0 Å². The van der Waals surface area contributed by atoms with Gasteiger partial charge in [-0.25, -0.2) is 13.4 Å². The number of fused-ring (bicyclic) bond motifs is 1. The molecule has 3 heterocycles. The number of para-hydroxylation sites is 1. The molecule has 2 aliphatic rings. The predicted octanol–water partition coefficient (Wildman–Crippen LogP) is 4.64. The van der Waals surface area contributed by atoms with Gasteiger partial charge in [0.05, 0.1) is 40.0 Å². The molecule has 11 heteroatoms. The lowest BCUT2D eigenvalue weighted by Crippen LogP contribution is -2.48. The molecule has 0 spiro atoms. The van der Waals surface area contributed by atoms with Crippen LogP contribution in [-0.2, 0) is 19.5 Å². The molecule has 198 valence electrons. The lowest BCUT2D eigenvalue weighted by atomic mass is 10.2. The second-order valence-electron chi connectivity index (χ2n) is 9.46. The Labute approximate surface area is 226 Å². The van der Waals surface area contributed by atoms with Crippen LogP contribution in [0.1, 0.15) is 37.0 Å². The Morgan fingerprint density at radius 3 is 2.54 bits per heavy atom. The van der Waals surface area contributed by atoms with Gasteiger partial charge in [-0.05, 0) is 69.3 Å². The van der Waals surface area contributed by atoms with Gasteiger partial charge in [-0.3, -0.25) is 9.69 Å². The van der Waals surface area contributed by atoms with E-state index in [2.05, 4.69) is 0 Å². The maximum atomic E-state index is 13.8. The SMILES string of the molecule is CSc1cccc2sc(N(CC3CCCO3)C(=O)c3ccc(S(=O)(=O)N4CC(C)OC(C)C4)cc3)nc12. The van der Waals surface area contributed by atoms with Crippen LogP contribution in [0.15, 0.2) is 52.3 Å². The molecule has 1 amide bonds. The highest BCUT2D eigenvalue weighted by Gasteiger charge is 2.33. The maximum Gasteiger partial charge on any atom is 0.260 e. The van der Waals surface area contributed by atoms with Crippen molar-refractivity contribution in [3.63, 3.8) is 0 Å². The predicted molar refractivity (Wildman–Crippen MR) is 147 cm³/mol. The number of thiazole rings is 1. The summed E-state index contributed by atoms with van der Waals surface area (Å²) in [5, 5.41) is 0.616. The highest BCUT2D eigenvalue weighted by atomic mass is 32.2. The molecule has 8 nitrogen and oxygen atoms in total. The van der Waals surface area contributed by atoms with Gasteiger partial charge in [0, 0.05) is 30.2 Å². The normalized spacial score (nSPS) is 22.9. The Bertz CT molecular complexity index is 1360. The van der Waals surface area contributed by atoms with Crippen molar-refractivity contribution in [1.29, 1.82) is 0 Å². The summed E-state index contributed by atoms with van der Waals surface area (Å²) in [6.45, 7) is 5.43. The number of carbonyl (C=O) groups is 1. The Morgan fingerprint density at radius 2 is 1.89 bits per heavy atom. The third kappa shape index (κ3) is 5.57. The topological polar surface area (TPSA) is 89.0 Å². The Kier molecular flexibility index (Phi) is 7.90. The van der Waals surface area contributed by atoms with E-state index >= 15 is 0 Å². The Hall–Kier alpha value is -2.02. The highest BCUT2D eigenvalue weighted by molar-refractivity contribution is 7.98. The molecule has 2 aromatic carbocycles. The summed E-state index contributed by atoms with van der Waals surface area (Å²) in [6, 6.07) is 12.2. The van der Waals surface area contributed by atoms with E-state index in [-0.39, 0.29) is 29.1 Å². The van der Waals surface area contributed by atoms with Crippen LogP contribution in [0.3, 0.4) is 0 Å². The van der Waals surface area contributed by atoms with Gasteiger partial charge in [0.25, 0.3) is 5.91 Å². The number of anilines is 1. The number of benzene rings is 2. The molecule has 0 N–H and O–H groups in total. The quantitative estimate of drug-likeness (QED) is 0.388. The minimum absolute atomic E-state index is 0.0547. The van der Waals surface area contributed by atoms with Crippen molar-refractivity contribution >= 4 is 54.4 Å². The fourth-order valence-corrected chi connectivity index (χ4v) is 8.05. The lowest BCUT2D eigenvalue weighted by Gasteiger charge is -2.34. The zero-order valence-electron chi connectivity index (χ0n) is 21.1. The second kappa shape index (κ2) is 11.0. The smallest absolute Gasteiger partial charge is 0.260 e. The first-order valence-electron chi connectivity index (χ1n) is 12.4. The monoisotopic (exact) mass is 561 g/mol. The number of ether oxygens (including phenoxy) is 2. The van der Waals surface area contributed by atoms with Crippen LogP contribution in [0.2, 0.25) is 0 Å². The van der Waals surface area contributed by atoms with Gasteiger partial charge in [0.15, 0.2) is 5.13 Å².